The Labute approximate surface area is 123 Å². The first-order valence-corrected chi connectivity index (χ1v) is 7.06. The number of ketones is 1. The van der Waals surface area contributed by atoms with Gasteiger partial charge in [-0.15, -0.1) is 0 Å². The summed E-state index contributed by atoms with van der Waals surface area (Å²) in [6.45, 7) is 1.69. The molecule has 0 aliphatic carbocycles. The Hall–Kier alpha value is -1.04. The molecular weight excluding hydrogens is 337 g/mol. The highest BCUT2D eigenvalue weighted by atomic mass is 79.9. The van der Waals surface area contributed by atoms with Gasteiger partial charge in [-0.05, 0) is 38.0 Å². The van der Waals surface area contributed by atoms with Crippen LogP contribution < -0.4 is 4.74 Å². The Bertz CT molecular complexity index is 528. The first-order valence-electron chi connectivity index (χ1n) is 6.27. The Morgan fingerprint density at radius 2 is 2.10 bits per heavy atom. The molecule has 6 heteroatoms. The van der Waals surface area contributed by atoms with Gasteiger partial charge in [0.15, 0.2) is 5.78 Å². The molecule has 1 atom stereocenters. The second kappa shape index (κ2) is 5.39. The van der Waals surface area contributed by atoms with E-state index in [1.165, 1.54) is 0 Å². The van der Waals surface area contributed by atoms with Crippen LogP contribution in [0.4, 0.5) is 13.2 Å². The number of ether oxygens (including phenoxy) is 1. The molecule has 1 heterocycles. The van der Waals surface area contributed by atoms with Crippen LogP contribution in [0.5, 0.6) is 5.75 Å². The molecule has 0 saturated carbocycles. The predicted molar refractivity (Wildman–Crippen MR) is 72.0 cm³/mol. The zero-order valence-corrected chi connectivity index (χ0v) is 12.5. The third kappa shape index (κ3) is 3.75. The van der Waals surface area contributed by atoms with E-state index in [9.17, 15) is 18.0 Å². The molecule has 1 unspecified atom stereocenters. The lowest BCUT2D eigenvalue weighted by Gasteiger charge is -2.35. The molecule has 110 valence electrons. The molecule has 0 N–H and O–H groups in total. The number of fused-ring (bicyclic) bond motifs is 1. The fourth-order valence-corrected chi connectivity index (χ4v) is 2.71. The molecule has 0 fully saturated rings. The summed E-state index contributed by atoms with van der Waals surface area (Å²) in [5.41, 5.74) is -0.379. The van der Waals surface area contributed by atoms with Crippen molar-refractivity contribution in [1.82, 2.24) is 0 Å². The average molecular weight is 351 g/mol. The molecule has 0 aromatic heterocycles. The third-order valence-corrected chi connectivity index (χ3v) is 3.79. The highest BCUT2D eigenvalue weighted by Crippen LogP contribution is 2.38. The van der Waals surface area contributed by atoms with E-state index in [1.807, 2.05) is 0 Å². The summed E-state index contributed by atoms with van der Waals surface area (Å²) in [5.74, 6) is 0.348. The van der Waals surface area contributed by atoms with Gasteiger partial charge in [0, 0.05) is 10.9 Å². The monoisotopic (exact) mass is 350 g/mol. The molecule has 0 saturated heterocycles. The first-order chi connectivity index (χ1) is 9.19. The van der Waals surface area contributed by atoms with Crippen molar-refractivity contribution in [3.05, 3.63) is 28.2 Å². The quantitative estimate of drug-likeness (QED) is 0.774. The smallest absolute Gasteiger partial charge is 0.389 e. The van der Waals surface area contributed by atoms with Crippen molar-refractivity contribution in [2.24, 2.45) is 0 Å². The summed E-state index contributed by atoms with van der Waals surface area (Å²) >= 11 is 3.28. The first kappa shape index (κ1) is 15.4. The van der Waals surface area contributed by atoms with E-state index >= 15 is 0 Å². The van der Waals surface area contributed by atoms with Gasteiger partial charge in [0.25, 0.3) is 0 Å². The predicted octanol–water partition coefficient (Wildman–Crippen LogP) is 4.91. The zero-order chi connectivity index (χ0) is 15.0. The minimum Gasteiger partial charge on any atom is -0.486 e. The molecule has 2 rings (SSSR count). The number of halogens is 4. The van der Waals surface area contributed by atoms with Crippen LogP contribution in [0.2, 0.25) is 0 Å². The molecule has 1 aromatic rings. The maximum atomic E-state index is 12.2. The van der Waals surface area contributed by atoms with Crippen molar-refractivity contribution < 1.29 is 22.7 Å². The maximum absolute atomic E-state index is 12.2. The van der Waals surface area contributed by atoms with Gasteiger partial charge in [-0.2, -0.15) is 13.2 Å². The van der Waals surface area contributed by atoms with Crippen molar-refractivity contribution in [3.63, 3.8) is 0 Å². The zero-order valence-electron chi connectivity index (χ0n) is 10.9. The van der Waals surface area contributed by atoms with Gasteiger partial charge in [-0.25, -0.2) is 0 Å². The fourth-order valence-electron chi connectivity index (χ4n) is 2.35. The minimum atomic E-state index is -4.17. The van der Waals surface area contributed by atoms with Crippen LogP contribution in [0.1, 0.15) is 43.0 Å². The minimum absolute atomic E-state index is 0.0425. The van der Waals surface area contributed by atoms with E-state index in [0.29, 0.717) is 11.3 Å². The second-order valence-electron chi connectivity index (χ2n) is 5.26. The molecule has 1 aromatic carbocycles. The number of Topliss-reactive ketones (excluding diaryl/α,β-unsaturated/α-hetero) is 1. The summed E-state index contributed by atoms with van der Waals surface area (Å²) in [5, 5.41) is 0. The molecule has 0 spiro atoms. The van der Waals surface area contributed by atoms with E-state index in [1.54, 1.807) is 25.1 Å². The van der Waals surface area contributed by atoms with Crippen molar-refractivity contribution >= 4 is 21.7 Å². The van der Waals surface area contributed by atoms with Gasteiger partial charge in [0.05, 0.1) is 12.0 Å². The van der Waals surface area contributed by atoms with Crippen molar-refractivity contribution in [2.75, 3.05) is 0 Å². The summed E-state index contributed by atoms with van der Waals surface area (Å²) in [6.07, 6.45) is -4.76. The van der Waals surface area contributed by atoms with E-state index in [4.69, 9.17) is 4.74 Å². The number of hydrogen-bond acceptors (Lipinski definition) is 2. The van der Waals surface area contributed by atoms with Gasteiger partial charge in [0.1, 0.15) is 11.4 Å². The normalized spacial score (nSPS) is 22.4. The van der Waals surface area contributed by atoms with Gasteiger partial charge in [0.2, 0.25) is 0 Å². The van der Waals surface area contributed by atoms with E-state index in [2.05, 4.69) is 15.9 Å². The molecule has 2 nitrogen and oxygen atoms in total. The molecule has 0 radical (unpaired) electrons. The largest absolute Gasteiger partial charge is 0.486 e. The summed E-state index contributed by atoms with van der Waals surface area (Å²) in [4.78, 5) is 12.1. The van der Waals surface area contributed by atoms with Crippen molar-refractivity contribution in [3.8, 4) is 5.75 Å². The van der Waals surface area contributed by atoms with E-state index in [0.717, 1.165) is 4.47 Å². The number of hydrogen-bond donors (Lipinski definition) is 0. The standard InChI is InChI=1S/C14H14BrF3O2/c1-13(5-2-6-14(16,17)18)8-11(19)10-7-9(15)3-4-12(10)20-13/h3-4,7H,2,5-6,8H2,1H3. The molecule has 0 amide bonds. The lowest BCUT2D eigenvalue weighted by molar-refractivity contribution is -0.137. The fraction of sp³-hybridized carbons (Fsp3) is 0.500. The van der Waals surface area contributed by atoms with Crippen LogP contribution >= 0.6 is 15.9 Å². The van der Waals surface area contributed by atoms with Crippen LogP contribution in [0, 0.1) is 0 Å². The van der Waals surface area contributed by atoms with Crippen LogP contribution in [0.25, 0.3) is 0 Å². The van der Waals surface area contributed by atoms with Crippen LogP contribution in [0.15, 0.2) is 22.7 Å². The van der Waals surface area contributed by atoms with Gasteiger partial charge in [-0.3, -0.25) is 4.79 Å². The number of benzene rings is 1. The van der Waals surface area contributed by atoms with Crippen LogP contribution in [-0.2, 0) is 0 Å². The SMILES string of the molecule is CC1(CCCC(F)(F)F)CC(=O)c2cc(Br)ccc2O1. The third-order valence-electron chi connectivity index (χ3n) is 3.30. The van der Waals surface area contributed by atoms with Gasteiger partial charge < -0.3 is 4.74 Å². The Morgan fingerprint density at radius 1 is 1.40 bits per heavy atom. The number of alkyl halides is 3. The highest BCUT2D eigenvalue weighted by Gasteiger charge is 2.37. The van der Waals surface area contributed by atoms with E-state index in [-0.39, 0.29) is 25.0 Å². The highest BCUT2D eigenvalue weighted by molar-refractivity contribution is 9.10. The Kier molecular flexibility index (Phi) is 4.14. The number of rotatable bonds is 3. The number of carbonyl (C=O) groups excluding carboxylic acids is 1. The summed E-state index contributed by atoms with van der Waals surface area (Å²) < 4.78 is 43.1. The van der Waals surface area contributed by atoms with Crippen LogP contribution in [0.3, 0.4) is 0 Å². The molecule has 20 heavy (non-hydrogen) atoms. The molecule has 1 aliphatic rings. The Morgan fingerprint density at radius 3 is 2.75 bits per heavy atom. The van der Waals surface area contributed by atoms with Crippen molar-refractivity contribution in [2.45, 2.75) is 44.4 Å². The second-order valence-corrected chi connectivity index (χ2v) is 6.18. The van der Waals surface area contributed by atoms with Gasteiger partial charge in [-0.1, -0.05) is 15.9 Å². The van der Waals surface area contributed by atoms with Gasteiger partial charge >= 0.3 is 6.18 Å². The molecular formula is C14H14BrF3O2. The Balaban J connectivity index is 2.09. The number of carbonyl (C=O) groups is 1. The summed E-state index contributed by atoms with van der Waals surface area (Å²) in [7, 11) is 0. The molecule has 1 aliphatic heterocycles. The van der Waals surface area contributed by atoms with Crippen LogP contribution in [-0.4, -0.2) is 17.6 Å². The topological polar surface area (TPSA) is 26.3 Å². The lowest BCUT2D eigenvalue weighted by Crippen LogP contribution is -2.39. The summed E-state index contributed by atoms with van der Waals surface area (Å²) in [6, 6.07) is 5.08. The average Bonchev–Trinajstić information content (AvgIpc) is 2.28. The maximum Gasteiger partial charge on any atom is 0.389 e. The van der Waals surface area contributed by atoms with Crippen molar-refractivity contribution in [1.29, 1.82) is 0 Å². The lowest BCUT2D eigenvalue weighted by atomic mass is 9.87. The molecule has 0 bridgehead atoms. The van der Waals surface area contributed by atoms with E-state index < -0.39 is 18.2 Å².